The van der Waals surface area contributed by atoms with E-state index < -0.39 is 0 Å². The summed E-state index contributed by atoms with van der Waals surface area (Å²) in [5.41, 5.74) is 2.80. The van der Waals surface area contributed by atoms with Crippen LogP contribution in [0.5, 0.6) is 17.2 Å². The Morgan fingerprint density at radius 2 is 1.52 bits per heavy atom. The zero-order valence-electron chi connectivity index (χ0n) is 17.5. The molecule has 0 saturated carbocycles. The van der Waals surface area contributed by atoms with E-state index in [1.807, 2.05) is 37.3 Å². The summed E-state index contributed by atoms with van der Waals surface area (Å²) in [7, 11) is 0. The molecule has 3 rings (SSSR count). The standard InChI is InChI=1S/C26H29BrO2/c1-4-28-23-14-10-21(11-15-23)26(2,3)18-6-8-20-7-5-9-25(19-20)29-24-16-12-22(27)13-17-24/h5,7,9-17,19H,4,6,8,18H2,1-3H3. The second-order valence-corrected chi connectivity index (χ2v) is 8.81. The van der Waals surface area contributed by atoms with Crippen molar-refractivity contribution in [2.24, 2.45) is 0 Å². The summed E-state index contributed by atoms with van der Waals surface area (Å²) in [6, 6.07) is 24.8. The molecule has 0 atom stereocenters. The summed E-state index contributed by atoms with van der Waals surface area (Å²) in [5.74, 6) is 2.67. The van der Waals surface area contributed by atoms with Gasteiger partial charge in [0.25, 0.3) is 0 Å². The lowest BCUT2D eigenvalue weighted by Crippen LogP contribution is -2.17. The van der Waals surface area contributed by atoms with Gasteiger partial charge in [-0.05, 0) is 91.3 Å². The van der Waals surface area contributed by atoms with Gasteiger partial charge in [-0.2, -0.15) is 0 Å². The first-order chi connectivity index (χ1) is 14.0. The van der Waals surface area contributed by atoms with Gasteiger partial charge in [-0.3, -0.25) is 0 Å². The first-order valence-corrected chi connectivity index (χ1v) is 11.0. The van der Waals surface area contributed by atoms with Crippen molar-refractivity contribution in [3.05, 3.63) is 88.4 Å². The van der Waals surface area contributed by atoms with Crippen LogP contribution in [0.2, 0.25) is 0 Å². The molecule has 3 aromatic rings. The molecule has 3 heteroatoms. The van der Waals surface area contributed by atoms with E-state index in [4.69, 9.17) is 9.47 Å². The van der Waals surface area contributed by atoms with E-state index in [1.54, 1.807) is 0 Å². The Labute approximate surface area is 183 Å². The maximum Gasteiger partial charge on any atom is 0.127 e. The third-order valence-corrected chi connectivity index (χ3v) is 5.69. The average molecular weight is 453 g/mol. The minimum Gasteiger partial charge on any atom is -0.494 e. The molecule has 0 aliphatic carbocycles. The molecule has 0 aromatic heterocycles. The van der Waals surface area contributed by atoms with E-state index in [0.29, 0.717) is 6.61 Å². The van der Waals surface area contributed by atoms with Gasteiger partial charge in [0.2, 0.25) is 0 Å². The first kappa shape index (κ1) is 21.4. The fourth-order valence-electron chi connectivity index (χ4n) is 3.45. The molecule has 0 N–H and O–H groups in total. The molecule has 0 heterocycles. The minimum absolute atomic E-state index is 0.135. The molecule has 152 valence electrons. The summed E-state index contributed by atoms with van der Waals surface area (Å²) in [6.45, 7) is 7.34. The van der Waals surface area contributed by atoms with Crippen LogP contribution in [0.3, 0.4) is 0 Å². The van der Waals surface area contributed by atoms with Crippen LogP contribution in [0.1, 0.15) is 44.7 Å². The largest absolute Gasteiger partial charge is 0.494 e. The van der Waals surface area contributed by atoms with Gasteiger partial charge < -0.3 is 9.47 Å². The number of aryl methyl sites for hydroxylation is 1. The summed E-state index contributed by atoms with van der Waals surface area (Å²) < 4.78 is 12.6. The van der Waals surface area contributed by atoms with Gasteiger partial charge in [-0.1, -0.05) is 54.0 Å². The molecule has 2 nitrogen and oxygen atoms in total. The molecule has 0 aliphatic heterocycles. The Morgan fingerprint density at radius 3 is 2.21 bits per heavy atom. The number of ether oxygens (including phenoxy) is 2. The van der Waals surface area contributed by atoms with Crippen molar-refractivity contribution in [1.82, 2.24) is 0 Å². The van der Waals surface area contributed by atoms with Crippen LogP contribution in [0.25, 0.3) is 0 Å². The predicted octanol–water partition coefficient (Wildman–Crippen LogP) is 7.94. The van der Waals surface area contributed by atoms with Crippen LogP contribution in [0.15, 0.2) is 77.3 Å². The third-order valence-electron chi connectivity index (χ3n) is 5.16. The van der Waals surface area contributed by atoms with E-state index >= 15 is 0 Å². The second-order valence-electron chi connectivity index (χ2n) is 7.90. The summed E-state index contributed by atoms with van der Waals surface area (Å²) in [6.07, 6.45) is 3.29. The molecule has 0 bridgehead atoms. The molecule has 0 radical (unpaired) electrons. The third kappa shape index (κ3) is 6.37. The predicted molar refractivity (Wildman–Crippen MR) is 124 cm³/mol. The molecule has 0 amide bonds. The normalized spacial score (nSPS) is 11.3. The van der Waals surface area contributed by atoms with E-state index in [1.165, 1.54) is 11.1 Å². The van der Waals surface area contributed by atoms with Gasteiger partial charge in [0.15, 0.2) is 0 Å². The SMILES string of the molecule is CCOc1ccc(C(C)(C)CCCc2cccc(Oc3ccc(Br)cc3)c2)cc1. The monoisotopic (exact) mass is 452 g/mol. The topological polar surface area (TPSA) is 18.5 Å². The van der Waals surface area contributed by atoms with E-state index in [9.17, 15) is 0 Å². The van der Waals surface area contributed by atoms with Crippen molar-refractivity contribution in [1.29, 1.82) is 0 Å². The maximum absolute atomic E-state index is 5.99. The van der Waals surface area contributed by atoms with Crippen LogP contribution in [-0.2, 0) is 11.8 Å². The van der Waals surface area contributed by atoms with Gasteiger partial charge in [-0.15, -0.1) is 0 Å². The van der Waals surface area contributed by atoms with Crippen molar-refractivity contribution in [2.45, 2.75) is 45.4 Å². The number of hydrogen-bond acceptors (Lipinski definition) is 2. The summed E-state index contributed by atoms with van der Waals surface area (Å²) in [4.78, 5) is 0. The highest BCUT2D eigenvalue weighted by atomic mass is 79.9. The molecule has 0 aliphatic rings. The Balaban J connectivity index is 1.56. The molecular weight excluding hydrogens is 424 g/mol. The minimum atomic E-state index is 0.135. The summed E-state index contributed by atoms with van der Waals surface area (Å²) in [5, 5.41) is 0. The maximum atomic E-state index is 5.99. The van der Waals surface area contributed by atoms with Crippen molar-refractivity contribution in [3.63, 3.8) is 0 Å². The molecule has 0 saturated heterocycles. The zero-order valence-corrected chi connectivity index (χ0v) is 19.0. The highest BCUT2D eigenvalue weighted by Gasteiger charge is 2.20. The molecule has 29 heavy (non-hydrogen) atoms. The zero-order chi connectivity index (χ0) is 20.7. The lowest BCUT2D eigenvalue weighted by molar-refractivity contribution is 0.339. The Hall–Kier alpha value is -2.26. The van der Waals surface area contributed by atoms with Gasteiger partial charge in [-0.25, -0.2) is 0 Å². The fourth-order valence-corrected chi connectivity index (χ4v) is 3.72. The van der Waals surface area contributed by atoms with Crippen molar-refractivity contribution in [3.8, 4) is 17.2 Å². The lowest BCUT2D eigenvalue weighted by Gasteiger charge is -2.25. The molecular formula is C26H29BrO2. The number of halogens is 1. The van der Waals surface area contributed by atoms with Crippen LogP contribution < -0.4 is 9.47 Å². The Kier molecular flexibility index (Phi) is 7.38. The molecule has 3 aromatic carbocycles. The van der Waals surface area contributed by atoms with Gasteiger partial charge >= 0.3 is 0 Å². The average Bonchev–Trinajstić information content (AvgIpc) is 2.71. The molecule has 0 unspecified atom stereocenters. The van der Waals surface area contributed by atoms with Crippen LogP contribution in [0.4, 0.5) is 0 Å². The van der Waals surface area contributed by atoms with Crippen LogP contribution >= 0.6 is 15.9 Å². The van der Waals surface area contributed by atoms with Crippen LogP contribution in [0, 0.1) is 0 Å². The van der Waals surface area contributed by atoms with Crippen molar-refractivity contribution in [2.75, 3.05) is 6.61 Å². The Bertz CT molecular complexity index is 899. The highest BCUT2D eigenvalue weighted by Crippen LogP contribution is 2.31. The molecule has 0 fully saturated rings. The van der Waals surface area contributed by atoms with Crippen molar-refractivity contribution >= 4 is 15.9 Å². The number of benzene rings is 3. The summed E-state index contributed by atoms with van der Waals surface area (Å²) >= 11 is 3.45. The quantitative estimate of drug-likeness (QED) is 0.327. The fraction of sp³-hybridized carbons (Fsp3) is 0.308. The second kappa shape index (κ2) is 9.98. The van der Waals surface area contributed by atoms with E-state index in [2.05, 4.69) is 72.2 Å². The van der Waals surface area contributed by atoms with Crippen LogP contribution in [-0.4, -0.2) is 6.61 Å². The molecule has 0 spiro atoms. The number of hydrogen-bond donors (Lipinski definition) is 0. The van der Waals surface area contributed by atoms with E-state index in [0.717, 1.165) is 41.0 Å². The first-order valence-electron chi connectivity index (χ1n) is 10.2. The van der Waals surface area contributed by atoms with Gasteiger partial charge in [0.1, 0.15) is 17.2 Å². The smallest absolute Gasteiger partial charge is 0.127 e. The van der Waals surface area contributed by atoms with Gasteiger partial charge in [0, 0.05) is 4.47 Å². The van der Waals surface area contributed by atoms with E-state index in [-0.39, 0.29) is 5.41 Å². The van der Waals surface area contributed by atoms with Gasteiger partial charge in [0.05, 0.1) is 6.61 Å². The number of rotatable bonds is 9. The van der Waals surface area contributed by atoms with Crippen molar-refractivity contribution < 1.29 is 9.47 Å². The lowest BCUT2D eigenvalue weighted by atomic mass is 9.80. The Morgan fingerprint density at radius 1 is 0.828 bits per heavy atom. The highest BCUT2D eigenvalue weighted by molar-refractivity contribution is 9.10.